The first-order valence-electron chi connectivity index (χ1n) is 7.20. The smallest absolute Gasteiger partial charge is 0.207 e. The number of hydrogen-bond donors (Lipinski definition) is 0. The van der Waals surface area contributed by atoms with Crippen LogP contribution in [-0.4, -0.2) is 18.8 Å². The highest BCUT2D eigenvalue weighted by Crippen LogP contribution is 2.35. The lowest BCUT2D eigenvalue weighted by atomic mass is 10.2. The number of sulfonamides is 1. The van der Waals surface area contributed by atoms with Gasteiger partial charge in [-0.1, -0.05) is 17.7 Å². The van der Waals surface area contributed by atoms with Crippen molar-refractivity contribution in [1.29, 1.82) is 0 Å². The average molecular weight is 376 g/mol. The molecule has 8 heteroatoms. The maximum Gasteiger partial charge on any atom is 0.246 e. The molecule has 3 rings (SSSR count). The Kier molecular flexibility index (Phi) is 4.59. The van der Waals surface area contributed by atoms with Gasteiger partial charge >= 0.3 is 0 Å². The van der Waals surface area contributed by atoms with Gasteiger partial charge < -0.3 is 0 Å². The van der Waals surface area contributed by atoms with Crippen molar-refractivity contribution in [2.24, 2.45) is 0 Å². The third-order valence-electron chi connectivity index (χ3n) is 3.81. The molecule has 0 N–H and O–H groups in total. The minimum absolute atomic E-state index is 0.0251. The van der Waals surface area contributed by atoms with Crippen LogP contribution in [0.4, 0.5) is 13.2 Å². The Hall–Kier alpha value is -1.57. The number of halogens is 4. The second-order valence-electron chi connectivity index (χ2n) is 5.56. The first-order valence-corrected chi connectivity index (χ1v) is 9.02. The third kappa shape index (κ3) is 3.29. The SMILES string of the molecule is O=S(=O)(c1ccc(F)cc1F)N(Cc1c(F)cccc1Cl)C1CC1. The van der Waals surface area contributed by atoms with Crippen LogP contribution in [0.1, 0.15) is 18.4 Å². The minimum atomic E-state index is -4.25. The van der Waals surface area contributed by atoms with Crippen molar-refractivity contribution in [2.75, 3.05) is 0 Å². The summed E-state index contributed by atoms with van der Waals surface area (Å²) >= 11 is 5.96. The Balaban J connectivity index is 2.02. The monoisotopic (exact) mass is 375 g/mol. The molecule has 1 saturated carbocycles. The van der Waals surface area contributed by atoms with Gasteiger partial charge in [0.05, 0.1) is 0 Å². The van der Waals surface area contributed by atoms with E-state index >= 15 is 0 Å². The number of rotatable bonds is 5. The van der Waals surface area contributed by atoms with E-state index in [1.807, 2.05) is 0 Å². The van der Waals surface area contributed by atoms with Gasteiger partial charge in [0.1, 0.15) is 22.3 Å². The van der Waals surface area contributed by atoms with Crippen LogP contribution in [0, 0.1) is 17.5 Å². The molecule has 0 atom stereocenters. The summed E-state index contributed by atoms with van der Waals surface area (Å²) in [5, 5.41) is 0.0930. The molecule has 0 saturated heterocycles. The van der Waals surface area contributed by atoms with Gasteiger partial charge in [-0.3, -0.25) is 0 Å². The molecule has 0 amide bonds. The van der Waals surface area contributed by atoms with Crippen LogP contribution in [0.25, 0.3) is 0 Å². The molecular weight excluding hydrogens is 363 g/mol. The van der Waals surface area contributed by atoms with Crippen molar-refractivity contribution in [3.8, 4) is 0 Å². The third-order valence-corrected chi connectivity index (χ3v) is 6.10. The number of nitrogens with zero attached hydrogens (tertiary/aromatic N) is 1. The van der Waals surface area contributed by atoms with E-state index in [-0.39, 0.29) is 23.2 Å². The van der Waals surface area contributed by atoms with Crippen LogP contribution in [0.2, 0.25) is 5.02 Å². The topological polar surface area (TPSA) is 37.4 Å². The molecule has 1 aliphatic carbocycles. The van der Waals surface area contributed by atoms with Gasteiger partial charge in [-0.15, -0.1) is 0 Å². The molecule has 0 aromatic heterocycles. The quantitative estimate of drug-likeness (QED) is 0.788. The van der Waals surface area contributed by atoms with Crippen LogP contribution in [0.15, 0.2) is 41.3 Å². The van der Waals surface area contributed by atoms with E-state index in [1.54, 1.807) is 0 Å². The Bertz CT molecular complexity index is 865. The van der Waals surface area contributed by atoms with E-state index in [4.69, 9.17) is 11.6 Å². The summed E-state index contributed by atoms with van der Waals surface area (Å²) in [6.07, 6.45) is 1.18. The lowest BCUT2D eigenvalue weighted by Gasteiger charge is -2.23. The van der Waals surface area contributed by atoms with E-state index in [1.165, 1.54) is 18.2 Å². The van der Waals surface area contributed by atoms with E-state index in [2.05, 4.69) is 0 Å². The van der Waals surface area contributed by atoms with Gasteiger partial charge in [-0.25, -0.2) is 21.6 Å². The molecule has 1 aliphatic rings. The molecule has 0 spiro atoms. The molecule has 24 heavy (non-hydrogen) atoms. The Morgan fingerprint density at radius 2 is 1.79 bits per heavy atom. The van der Waals surface area contributed by atoms with Gasteiger partial charge in [0.25, 0.3) is 0 Å². The second-order valence-corrected chi connectivity index (χ2v) is 7.82. The molecule has 1 fully saturated rings. The first kappa shape index (κ1) is 17.3. The minimum Gasteiger partial charge on any atom is -0.207 e. The molecule has 0 heterocycles. The fourth-order valence-electron chi connectivity index (χ4n) is 2.42. The van der Waals surface area contributed by atoms with Crippen molar-refractivity contribution in [3.63, 3.8) is 0 Å². The largest absolute Gasteiger partial charge is 0.246 e. The fraction of sp³-hybridized carbons (Fsp3) is 0.250. The van der Waals surface area contributed by atoms with E-state index in [0.29, 0.717) is 18.9 Å². The maximum absolute atomic E-state index is 14.0. The van der Waals surface area contributed by atoms with Gasteiger partial charge in [-0.2, -0.15) is 4.31 Å². The summed E-state index contributed by atoms with van der Waals surface area (Å²) in [4.78, 5) is -0.636. The molecule has 0 unspecified atom stereocenters. The van der Waals surface area contributed by atoms with Crippen molar-refractivity contribution in [1.82, 2.24) is 4.31 Å². The van der Waals surface area contributed by atoms with Crippen molar-refractivity contribution in [3.05, 3.63) is 64.4 Å². The molecule has 0 radical (unpaired) electrons. The number of hydrogen-bond acceptors (Lipinski definition) is 2. The molecule has 0 aliphatic heterocycles. The summed E-state index contributed by atoms with van der Waals surface area (Å²) in [6.45, 7) is -0.310. The van der Waals surface area contributed by atoms with Crippen LogP contribution in [-0.2, 0) is 16.6 Å². The predicted molar refractivity (Wildman–Crippen MR) is 83.5 cm³/mol. The van der Waals surface area contributed by atoms with Gasteiger partial charge in [0.15, 0.2) is 0 Å². The van der Waals surface area contributed by atoms with Crippen molar-refractivity contribution < 1.29 is 21.6 Å². The summed E-state index contributed by atoms with van der Waals surface area (Å²) < 4.78 is 67.5. The molecule has 2 aromatic rings. The molecule has 0 bridgehead atoms. The Labute approximate surface area is 142 Å². The van der Waals surface area contributed by atoms with Crippen LogP contribution in [0.3, 0.4) is 0 Å². The van der Waals surface area contributed by atoms with Crippen LogP contribution >= 0.6 is 11.6 Å². The predicted octanol–water partition coefficient (Wildman–Crippen LogP) is 4.11. The summed E-state index contributed by atoms with van der Waals surface area (Å²) in [5.74, 6) is -2.69. The lowest BCUT2D eigenvalue weighted by Crippen LogP contribution is -2.33. The Morgan fingerprint density at radius 1 is 1.08 bits per heavy atom. The molecule has 2 aromatic carbocycles. The fourth-order valence-corrected chi connectivity index (χ4v) is 4.35. The van der Waals surface area contributed by atoms with Gasteiger partial charge in [0, 0.05) is 29.2 Å². The van der Waals surface area contributed by atoms with Crippen molar-refractivity contribution in [2.45, 2.75) is 30.3 Å². The van der Waals surface area contributed by atoms with E-state index in [0.717, 1.165) is 16.4 Å². The second kappa shape index (κ2) is 6.38. The van der Waals surface area contributed by atoms with E-state index in [9.17, 15) is 21.6 Å². The standard InChI is InChI=1S/C16H13ClF3NO2S/c17-13-2-1-3-14(19)12(13)9-21(11-5-6-11)24(22,23)16-7-4-10(18)8-15(16)20/h1-4,7-8,11H,5-6,9H2. The molecule has 128 valence electrons. The Morgan fingerprint density at radius 3 is 2.38 bits per heavy atom. The lowest BCUT2D eigenvalue weighted by molar-refractivity contribution is 0.388. The zero-order valence-electron chi connectivity index (χ0n) is 12.3. The zero-order chi connectivity index (χ0) is 17.5. The highest BCUT2D eigenvalue weighted by atomic mass is 35.5. The summed E-state index contributed by atoms with van der Waals surface area (Å²) in [7, 11) is -4.25. The normalized spacial score (nSPS) is 15.0. The highest BCUT2D eigenvalue weighted by Gasteiger charge is 2.40. The summed E-state index contributed by atoms with van der Waals surface area (Å²) in [6, 6.07) is 5.95. The van der Waals surface area contributed by atoms with Gasteiger partial charge in [-0.05, 0) is 37.1 Å². The number of benzene rings is 2. The maximum atomic E-state index is 14.0. The van der Waals surface area contributed by atoms with E-state index < -0.39 is 32.4 Å². The zero-order valence-corrected chi connectivity index (χ0v) is 13.9. The van der Waals surface area contributed by atoms with Gasteiger partial charge in [0.2, 0.25) is 10.0 Å². The van der Waals surface area contributed by atoms with Crippen molar-refractivity contribution >= 4 is 21.6 Å². The molecule has 3 nitrogen and oxygen atoms in total. The summed E-state index contributed by atoms with van der Waals surface area (Å²) in [5.41, 5.74) is 0.0251. The van der Waals surface area contributed by atoms with Crippen LogP contribution < -0.4 is 0 Å². The molecular formula is C16H13ClF3NO2S. The highest BCUT2D eigenvalue weighted by molar-refractivity contribution is 7.89. The average Bonchev–Trinajstić information content (AvgIpc) is 3.30. The first-order chi connectivity index (χ1) is 11.3. The van der Waals surface area contributed by atoms with Crippen LogP contribution in [0.5, 0.6) is 0 Å².